The number of piperidine rings is 1. The monoisotopic (exact) mass is 336 g/mol. The first kappa shape index (κ1) is 18.0. The molecule has 132 valence electrons. The van der Waals surface area contributed by atoms with E-state index in [1.807, 2.05) is 25.7 Å². The van der Waals surface area contributed by atoms with Gasteiger partial charge in [0.25, 0.3) is 0 Å². The minimum Gasteiger partial charge on any atom is -0.444 e. The molecule has 0 bridgehead atoms. The summed E-state index contributed by atoms with van der Waals surface area (Å²) >= 11 is 0. The van der Waals surface area contributed by atoms with Crippen LogP contribution in [0.1, 0.15) is 34.1 Å². The van der Waals surface area contributed by atoms with Crippen LogP contribution >= 0.6 is 0 Å². The summed E-state index contributed by atoms with van der Waals surface area (Å²) in [5, 5.41) is 14.1. The van der Waals surface area contributed by atoms with Crippen LogP contribution in [0.3, 0.4) is 0 Å². The van der Waals surface area contributed by atoms with Gasteiger partial charge in [-0.3, -0.25) is 15.1 Å². The number of pyridine rings is 1. The van der Waals surface area contributed by atoms with Crippen molar-refractivity contribution < 1.29 is 14.5 Å². The molecule has 0 aromatic carbocycles. The highest BCUT2D eigenvalue weighted by Gasteiger charge is 2.30. The van der Waals surface area contributed by atoms with Crippen LogP contribution in [0.4, 0.5) is 16.2 Å². The van der Waals surface area contributed by atoms with Crippen LogP contribution in [0.2, 0.25) is 0 Å². The second kappa shape index (κ2) is 7.02. The molecular weight excluding hydrogens is 312 g/mol. The first-order valence-electron chi connectivity index (χ1n) is 7.98. The van der Waals surface area contributed by atoms with Gasteiger partial charge in [0.1, 0.15) is 17.5 Å². The SMILES string of the molecule is C[C@H]1C[C@H](NC(=O)OC(C)(C)C)CN(c2ccncc2[N+](=O)[O-])C1. The number of anilines is 1. The Labute approximate surface area is 141 Å². The molecule has 8 nitrogen and oxygen atoms in total. The van der Waals surface area contributed by atoms with Crippen molar-refractivity contribution in [2.45, 2.75) is 45.8 Å². The standard InChI is InChI=1S/C16H24N4O4/c1-11-7-12(18-15(21)24-16(2,3)4)10-19(9-11)13-5-6-17-8-14(13)20(22)23/h5-6,8,11-12H,7,9-10H2,1-4H3,(H,18,21)/t11-,12-/m0/s1. The summed E-state index contributed by atoms with van der Waals surface area (Å²) < 4.78 is 5.29. The first-order chi connectivity index (χ1) is 11.2. The number of alkyl carbamates (subject to hydrolysis) is 1. The second-order valence-electron chi connectivity index (χ2n) is 7.21. The Morgan fingerprint density at radius 3 is 2.79 bits per heavy atom. The van der Waals surface area contributed by atoms with Crippen LogP contribution in [0.25, 0.3) is 0 Å². The van der Waals surface area contributed by atoms with Crippen LogP contribution < -0.4 is 10.2 Å². The number of amides is 1. The van der Waals surface area contributed by atoms with Gasteiger partial charge in [-0.25, -0.2) is 4.79 Å². The Balaban J connectivity index is 2.11. The number of rotatable bonds is 3. The molecule has 2 heterocycles. The first-order valence-corrected chi connectivity index (χ1v) is 7.98. The van der Waals surface area contributed by atoms with Gasteiger partial charge < -0.3 is 15.0 Å². The number of carbonyl (C=O) groups is 1. The fourth-order valence-corrected chi connectivity index (χ4v) is 2.91. The van der Waals surface area contributed by atoms with Crippen molar-refractivity contribution in [1.82, 2.24) is 10.3 Å². The minimum atomic E-state index is -0.562. The molecule has 2 atom stereocenters. The average molecular weight is 336 g/mol. The number of nitrogens with zero attached hydrogens (tertiary/aromatic N) is 3. The van der Waals surface area contributed by atoms with E-state index in [-0.39, 0.29) is 17.6 Å². The van der Waals surface area contributed by atoms with E-state index < -0.39 is 16.6 Å². The number of nitro groups is 1. The molecule has 2 rings (SSSR count). The molecule has 8 heteroatoms. The Kier molecular flexibility index (Phi) is 5.26. The molecule has 0 aliphatic carbocycles. The van der Waals surface area contributed by atoms with Crippen LogP contribution in [-0.4, -0.2) is 40.7 Å². The normalized spacial score (nSPS) is 21.2. The van der Waals surface area contributed by atoms with E-state index >= 15 is 0 Å². The molecule has 1 aromatic heterocycles. The van der Waals surface area contributed by atoms with Crippen LogP contribution in [0.5, 0.6) is 0 Å². The van der Waals surface area contributed by atoms with Crippen LogP contribution in [0, 0.1) is 16.0 Å². The van der Waals surface area contributed by atoms with Crippen molar-refractivity contribution in [3.05, 3.63) is 28.6 Å². The molecule has 1 amide bonds. The molecule has 1 aliphatic rings. The molecular formula is C16H24N4O4. The van der Waals surface area contributed by atoms with E-state index in [0.717, 1.165) is 6.42 Å². The lowest BCUT2D eigenvalue weighted by Gasteiger charge is -2.38. The average Bonchev–Trinajstić information content (AvgIpc) is 2.44. The van der Waals surface area contributed by atoms with Crippen LogP contribution in [-0.2, 0) is 4.74 Å². The second-order valence-corrected chi connectivity index (χ2v) is 7.21. The summed E-state index contributed by atoms with van der Waals surface area (Å²) in [7, 11) is 0. The van der Waals surface area contributed by atoms with E-state index in [9.17, 15) is 14.9 Å². The number of ether oxygens (including phenoxy) is 1. The highest BCUT2D eigenvalue weighted by molar-refractivity contribution is 5.68. The third-order valence-corrected chi connectivity index (χ3v) is 3.70. The van der Waals surface area contributed by atoms with Gasteiger partial charge in [0.2, 0.25) is 0 Å². The Morgan fingerprint density at radius 2 is 2.17 bits per heavy atom. The van der Waals surface area contributed by atoms with E-state index in [1.54, 1.807) is 6.07 Å². The zero-order valence-electron chi connectivity index (χ0n) is 14.5. The lowest BCUT2D eigenvalue weighted by molar-refractivity contribution is -0.384. The van der Waals surface area contributed by atoms with Crippen molar-refractivity contribution in [3.8, 4) is 0 Å². The summed E-state index contributed by atoms with van der Waals surface area (Å²) in [6.07, 6.45) is 3.13. The van der Waals surface area contributed by atoms with Gasteiger partial charge in [0.15, 0.2) is 0 Å². The number of nitrogens with one attached hydrogen (secondary N) is 1. The number of aromatic nitrogens is 1. The maximum atomic E-state index is 12.0. The highest BCUT2D eigenvalue weighted by atomic mass is 16.6. The van der Waals surface area contributed by atoms with Gasteiger partial charge in [-0.15, -0.1) is 0 Å². The number of hydrogen-bond donors (Lipinski definition) is 1. The quantitative estimate of drug-likeness (QED) is 0.673. The molecule has 1 fully saturated rings. The van der Waals surface area contributed by atoms with E-state index in [1.165, 1.54) is 12.4 Å². The molecule has 0 spiro atoms. The van der Waals surface area contributed by atoms with Crippen molar-refractivity contribution in [1.29, 1.82) is 0 Å². The van der Waals surface area contributed by atoms with E-state index in [4.69, 9.17) is 4.74 Å². The largest absolute Gasteiger partial charge is 0.444 e. The van der Waals surface area contributed by atoms with Crippen molar-refractivity contribution >= 4 is 17.5 Å². The maximum Gasteiger partial charge on any atom is 0.407 e. The molecule has 24 heavy (non-hydrogen) atoms. The van der Waals surface area contributed by atoms with Gasteiger partial charge in [-0.05, 0) is 39.2 Å². The molecule has 1 aliphatic heterocycles. The molecule has 0 unspecified atom stereocenters. The minimum absolute atomic E-state index is 0.0254. The topological polar surface area (TPSA) is 97.6 Å². The van der Waals surface area contributed by atoms with Gasteiger partial charge >= 0.3 is 11.8 Å². The number of hydrogen-bond acceptors (Lipinski definition) is 6. The predicted octanol–water partition coefficient (Wildman–Crippen LogP) is 2.73. The maximum absolute atomic E-state index is 12.0. The predicted molar refractivity (Wildman–Crippen MR) is 90.0 cm³/mol. The molecule has 0 radical (unpaired) electrons. The van der Waals surface area contributed by atoms with Crippen LogP contribution in [0.15, 0.2) is 18.5 Å². The van der Waals surface area contributed by atoms with Crippen molar-refractivity contribution in [2.75, 3.05) is 18.0 Å². The summed E-state index contributed by atoms with van der Waals surface area (Å²) in [6, 6.07) is 1.51. The van der Waals surface area contributed by atoms with Gasteiger partial charge in [-0.1, -0.05) is 6.92 Å². The fraction of sp³-hybridized carbons (Fsp3) is 0.625. The van der Waals surface area contributed by atoms with E-state index in [0.29, 0.717) is 18.8 Å². The summed E-state index contributed by atoms with van der Waals surface area (Å²) in [5.74, 6) is 0.284. The Bertz CT molecular complexity index is 614. The number of carbonyl (C=O) groups excluding carboxylic acids is 1. The van der Waals surface area contributed by atoms with Crippen molar-refractivity contribution in [2.24, 2.45) is 5.92 Å². The van der Waals surface area contributed by atoms with Gasteiger partial charge in [-0.2, -0.15) is 0 Å². The summed E-state index contributed by atoms with van der Waals surface area (Å²) in [4.78, 5) is 28.5. The fourth-order valence-electron chi connectivity index (χ4n) is 2.91. The van der Waals surface area contributed by atoms with E-state index in [2.05, 4.69) is 17.2 Å². The van der Waals surface area contributed by atoms with Gasteiger partial charge in [0, 0.05) is 25.3 Å². The van der Waals surface area contributed by atoms with Gasteiger partial charge in [0.05, 0.1) is 4.92 Å². The Hall–Kier alpha value is -2.38. The lowest BCUT2D eigenvalue weighted by atomic mass is 9.95. The molecule has 0 saturated carbocycles. The summed E-state index contributed by atoms with van der Waals surface area (Å²) in [6.45, 7) is 8.67. The molecule has 1 aromatic rings. The zero-order valence-corrected chi connectivity index (χ0v) is 14.5. The smallest absolute Gasteiger partial charge is 0.407 e. The van der Waals surface area contributed by atoms with Crippen molar-refractivity contribution in [3.63, 3.8) is 0 Å². The lowest BCUT2D eigenvalue weighted by Crippen LogP contribution is -2.51. The third-order valence-electron chi connectivity index (χ3n) is 3.70. The molecule has 1 N–H and O–H groups in total. The zero-order chi connectivity index (χ0) is 17.9. The highest BCUT2D eigenvalue weighted by Crippen LogP contribution is 2.30. The third kappa shape index (κ3) is 4.81. The Morgan fingerprint density at radius 1 is 1.46 bits per heavy atom. The molecule has 1 saturated heterocycles. The summed E-state index contributed by atoms with van der Waals surface area (Å²) in [5.41, 5.74) is -0.0614.